The summed E-state index contributed by atoms with van der Waals surface area (Å²) in [6, 6.07) is 1.85. The minimum Gasteiger partial charge on any atom is -0.238 e. The van der Waals surface area contributed by atoms with Crippen molar-refractivity contribution in [3.8, 4) is 0 Å². The maximum Gasteiger partial charge on any atom is 0.133 e. The maximum atomic E-state index is 5.90. The monoisotopic (exact) mass is 196 g/mol. The van der Waals surface area contributed by atoms with E-state index in [0.717, 1.165) is 17.9 Å². The molecule has 0 N–H and O–H groups in total. The number of hydrogen-bond acceptors (Lipinski definition) is 2. The lowest BCUT2D eigenvalue weighted by molar-refractivity contribution is 0.400. The Morgan fingerprint density at radius 1 is 1.46 bits per heavy atom. The first-order chi connectivity index (χ1) is 6.29. The zero-order valence-electron chi connectivity index (χ0n) is 7.76. The molecule has 3 heteroatoms. The third kappa shape index (κ3) is 1.83. The summed E-state index contributed by atoms with van der Waals surface area (Å²) in [6.07, 6.45) is 4.69. The van der Waals surface area contributed by atoms with E-state index in [4.69, 9.17) is 11.6 Å². The fraction of sp³-hybridized carbons (Fsp3) is 0.600. The van der Waals surface area contributed by atoms with Gasteiger partial charge in [0.25, 0.3) is 0 Å². The molecule has 0 amide bonds. The quantitative estimate of drug-likeness (QED) is 0.680. The highest BCUT2D eigenvalue weighted by molar-refractivity contribution is 6.29. The average molecular weight is 197 g/mol. The molecule has 0 radical (unpaired) electrons. The number of nitrogens with zero attached hydrogens (tertiary/aromatic N) is 2. The Labute approximate surface area is 83.4 Å². The van der Waals surface area contributed by atoms with Crippen molar-refractivity contribution in [2.45, 2.75) is 38.5 Å². The molecule has 0 spiro atoms. The molecule has 0 aromatic carbocycles. The molecular weight excluding hydrogens is 184 g/mol. The first-order valence-corrected chi connectivity index (χ1v) is 5.20. The molecule has 2 rings (SSSR count). The van der Waals surface area contributed by atoms with E-state index in [0.29, 0.717) is 11.1 Å². The summed E-state index contributed by atoms with van der Waals surface area (Å²) >= 11 is 5.90. The third-order valence-electron chi connectivity index (χ3n) is 2.60. The van der Waals surface area contributed by atoms with Crippen molar-refractivity contribution in [2.75, 3.05) is 0 Å². The largest absolute Gasteiger partial charge is 0.238 e. The van der Waals surface area contributed by atoms with Crippen LogP contribution >= 0.6 is 11.6 Å². The van der Waals surface area contributed by atoms with Gasteiger partial charge in [-0.2, -0.15) is 0 Å². The fourth-order valence-electron chi connectivity index (χ4n) is 1.51. The van der Waals surface area contributed by atoms with Crippen molar-refractivity contribution in [3.63, 3.8) is 0 Å². The van der Waals surface area contributed by atoms with E-state index in [1.54, 1.807) is 0 Å². The summed E-state index contributed by atoms with van der Waals surface area (Å²) < 4.78 is 0. The van der Waals surface area contributed by atoms with Gasteiger partial charge < -0.3 is 0 Å². The van der Waals surface area contributed by atoms with Crippen LogP contribution in [0.15, 0.2) is 6.07 Å². The number of aryl methyl sites for hydroxylation is 1. The van der Waals surface area contributed by atoms with E-state index in [9.17, 15) is 0 Å². The van der Waals surface area contributed by atoms with Gasteiger partial charge in [-0.05, 0) is 25.3 Å². The Hall–Kier alpha value is -0.630. The molecule has 13 heavy (non-hydrogen) atoms. The smallest absolute Gasteiger partial charge is 0.133 e. The summed E-state index contributed by atoms with van der Waals surface area (Å²) in [5.41, 5.74) is 1.06. The van der Waals surface area contributed by atoms with Crippen molar-refractivity contribution < 1.29 is 0 Å². The van der Waals surface area contributed by atoms with Gasteiger partial charge in [-0.1, -0.05) is 24.9 Å². The molecule has 0 saturated heterocycles. The van der Waals surface area contributed by atoms with Crippen LogP contribution in [0, 0.1) is 0 Å². The van der Waals surface area contributed by atoms with E-state index in [-0.39, 0.29) is 0 Å². The standard InChI is InChI=1S/C10H13ClN2/c1-2-8-6-9(11)13-10(12-8)7-4-3-5-7/h6-7H,2-5H2,1H3. The third-order valence-corrected chi connectivity index (χ3v) is 2.79. The van der Waals surface area contributed by atoms with Crippen LogP contribution in [0.3, 0.4) is 0 Å². The van der Waals surface area contributed by atoms with Crippen molar-refractivity contribution in [3.05, 3.63) is 22.7 Å². The van der Waals surface area contributed by atoms with Crippen LogP contribution in [0.5, 0.6) is 0 Å². The second kappa shape index (κ2) is 3.62. The van der Waals surface area contributed by atoms with Crippen LogP contribution in [-0.4, -0.2) is 9.97 Å². The van der Waals surface area contributed by atoms with Crippen LogP contribution < -0.4 is 0 Å². The zero-order chi connectivity index (χ0) is 9.26. The Morgan fingerprint density at radius 2 is 2.23 bits per heavy atom. The van der Waals surface area contributed by atoms with E-state index in [1.165, 1.54) is 19.3 Å². The van der Waals surface area contributed by atoms with Crippen LogP contribution in [0.4, 0.5) is 0 Å². The molecule has 1 saturated carbocycles. The summed E-state index contributed by atoms with van der Waals surface area (Å²) in [5.74, 6) is 1.53. The van der Waals surface area contributed by atoms with E-state index < -0.39 is 0 Å². The molecule has 1 aromatic heterocycles. The first kappa shape index (κ1) is 8.95. The Kier molecular flexibility index (Phi) is 2.49. The Bertz CT molecular complexity index is 308. The van der Waals surface area contributed by atoms with Crippen molar-refractivity contribution >= 4 is 11.6 Å². The van der Waals surface area contributed by atoms with Gasteiger partial charge in [-0.15, -0.1) is 0 Å². The molecule has 1 aliphatic carbocycles. The second-order valence-electron chi connectivity index (χ2n) is 3.52. The second-order valence-corrected chi connectivity index (χ2v) is 3.91. The number of hydrogen-bond donors (Lipinski definition) is 0. The van der Waals surface area contributed by atoms with Gasteiger partial charge in [0.15, 0.2) is 0 Å². The van der Waals surface area contributed by atoms with Crippen LogP contribution in [-0.2, 0) is 6.42 Å². The van der Waals surface area contributed by atoms with Gasteiger partial charge in [0.1, 0.15) is 11.0 Å². The van der Waals surface area contributed by atoms with Crippen molar-refractivity contribution in [2.24, 2.45) is 0 Å². The Balaban J connectivity index is 2.28. The predicted octanol–water partition coefficient (Wildman–Crippen LogP) is 2.96. The normalized spacial score (nSPS) is 17.1. The molecule has 0 atom stereocenters. The van der Waals surface area contributed by atoms with Crippen LogP contribution in [0.25, 0.3) is 0 Å². The van der Waals surface area contributed by atoms with Gasteiger partial charge in [-0.25, -0.2) is 9.97 Å². The highest BCUT2D eigenvalue weighted by atomic mass is 35.5. The SMILES string of the molecule is CCc1cc(Cl)nc(C2CCC2)n1. The van der Waals surface area contributed by atoms with Gasteiger partial charge in [-0.3, -0.25) is 0 Å². The van der Waals surface area contributed by atoms with E-state index in [1.807, 2.05) is 6.07 Å². The van der Waals surface area contributed by atoms with Crippen LogP contribution in [0.2, 0.25) is 5.15 Å². The fourth-order valence-corrected chi connectivity index (χ4v) is 1.73. The maximum absolute atomic E-state index is 5.90. The number of aromatic nitrogens is 2. The molecule has 1 heterocycles. The zero-order valence-corrected chi connectivity index (χ0v) is 8.51. The molecule has 2 nitrogen and oxygen atoms in total. The molecule has 0 aliphatic heterocycles. The molecule has 70 valence electrons. The van der Waals surface area contributed by atoms with Gasteiger partial charge >= 0.3 is 0 Å². The molecule has 1 fully saturated rings. The van der Waals surface area contributed by atoms with E-state index in [2.05, 4.69) is 16.9 Å². The van der Waals surface area contributed by atoms with Gasteiger partial charge in [0, 0.05) is 11.6 Å². The molecule has 1 aromatic rings. The highest BCUT2D eigenvalue weighted by Gasteiger charge is 2.22. The highest BCUT2D eigenvalue weighted by Crippen LogP contribution is 2.34. The van der Waals surface area contributed by atoms with Gasteiger partial charge in [0.05, 0.1) is 0 Å². The molecule has 1 aliphatic rings. The predicted molar refractivity (Wildman–Crippen MR) is 53.0 cm³/mol. The lowest BCUT2D eigenvalue weighted by Gasteiger charge is -2.23. The van der Waals surface area contributed by atoms with Crippen molar-refractivity contribution in [1.82, 2.24) is 9.97 Å². The average Bonchev–Trinajstić information content (AvgIpc) is 2.00. The summed E-state index contributed by atoms with van der Waals surface area (Å²) in [4.78, 5) is 8.74. The molecular formula is C10H13ClN2. The van der Waals surface area contributed by atoms with Crippen molar-refractivity contribution in [1.29, 1.82) is 0 Å². The summed E-state index contributed by atoms with van der Waals surface area (Å²) in [6.45, 7) is 2.09. The summed E-state index contributed by atoms with van der Waals surface area (Å²) in [7, 11) is 0. The number of rotatable bonds is 2. The minimum atomic E-state index is 0.573. The van der Waals surface area contributed by atoms with Crippen LogP contribution in [0.1, 0.15) is 43.6 Å². The number of halogens is 1. The molecule has 0 unspecified atom stereocenters. The Morgan fingerprint density at radius 3 is 2.77 bits per heavy atom. The minimum absolute atomic E-state index is 0.573. The van der Waals surface area contributed by atoms with Gasteiger partial charge in [0.2, 0.25) is 0 Å². The van der Waals surface area contributed by atoms with E-state index >= 15 is 0 Å². The lowest BCUT2D eigenvalue weighted by Crippen LogP contribution is -2.13. The topological polar surface area (TPSA) is 25.8 Å². The molecule has 0 bridgehead atoms. The lowest BCUT2D eigenvalue weighted by atomic mass is 9.85. The summed E-state index contributed by atoms with van der Waals surface area (Å²) in [5, 5.41) is 0.591. The first-order valence-electron chi connectivity index (χ1n) is 4.83.